The van der Waals surface area contributed by atoms with Gasteiger partial charge in [-0.15, -0.1) is 0 Å². The summed E-state index contributed by atoms with van der Waals surface area (Å²) in [7, 11) is 1.96. The summed E-state index contributed by atoms with van der Waals surface area (Å²) in [5, 5.41) is 18.4. The summed E-state index contributed by atoms with van der Waals surface area (Å²) in [6, 6.07) is 0.237. The van der Waals surface area contributed by atoms with Crippen molar-refractivity contribution in [3.05, 3.63) is 17.5 Å². The maximum absolute atomic E-state index is 10.6. The molecule has 0 amide bonds. The van der Waals surface area contributed by atoms with Crippen LogP contribution in [0.3, 0.4) is 0 Å². The number of aliphatic hydroxyl groups is 1. The fourth-order valence-electron chi connectivity index (χ4n) is 2.96. The summed E-state index contributed by atoms with van der Waals surface area (Å²) >= 11 is 0. The van der Waals surface area contributed by atoms with Crippen molar-refractivity contribution in [2.45, 2.75) is 64.0 Å². The highest BCUT2D eigenvalue weighted by molar-refractivity contribution is 5.19. The summed E-state index contributed by atoms with van der Waals surface area (Å²) in [4.78, 5) is 0. The molecule has 108 valence electrons. The van der Waals surface area contributed by atoms with Crippen molar-refractivity contribution in [3.8, 4) is 0 Å². The van der Waals surface area contributed by atoms with Gasteiger partial charge in [0, 0.05) is 30.9 Å². The molecule has 1 aliphatic rings. The SMILES string of the molecule is Cc1c(C(C)NCC2(O)CCCCCC2)cnn1C. The lowest BCUT2D eigenvalue weighted by atomic mass is 9.94. The number of nitrogens with zero attached hydrogens (tertiary/aromatic N) is 2. The van der Waals surface area contributed by atoms with Gasteiger partial charge in [0.1, 0.15) is 0 Å². The van der Waals surface area contributed by atoms with E-state index in [1.54, 1.807) is 0 Å². The molecule has 1 aromatic rings. The molecule has 1 heterocycles. The van der Waals surface area contributed by atoms with Crippen LogP contribution >= 0.6 is 0 Å². The van der Waals surface area contributed by atoms with Crippen molar-refractivity contribution in [2.24, 2.45) is 7.05 Å². The van der Waals surface area contributed by atoms with E-state index < -0.39 is 5.60 Å². The second-order valence-corrected chi connectivity index (χ2v) is 6.05. The third-order valence-corrected chi connectivity index (χ3v) is 4.51. The fourth-order valence-corrected chi connectivity index (χ4v) is 2.96. The standard InChI is InChI=1S/C15H27N3O/c1-12(14-10-17-18(3)13(14)2)16-11-15(19)8-6-4-5-7-9-15/h10,12,16,19H,4-9,11H2,1-3H3. The zero-order valence-corrected chi connectivity index (χ0v) is 12.4. The van der Waals surface area contributed by atoms with Gasteiger partial charge in [0.05, 0.1) is 11.8 Å². The molecule has 1 saturated carbocycles. The lowest BCUT2D eigenvalue weighted by Crippen LogP contribution is -2.41. The summed E-state index contributed by atoms with van der Waals surface area (Å²) in [6.45, 7) is 4.91. The summed E-state index contributed by atoms with van der Waals surface area (Å²) in [5.41, 5.74) is 1.90. The van der Waals surface area contributed by atoms with Crippen molar-refractivity contribution in [1.82, 2.24) is 15.1 Å². The van der Waals surface area contributed by atoms with E-state index in [2.05, 4.69) is 24.3 Å². The molecule has 2 N–H and O–H groups in total. The Labute approximate surface area is 116 Å². The maximum Gasteiger partial charge on any atom is 0.0771 e. The van der Waals surface area contributed by atoms with Gasteiger partial charge in [-0.05, 0) is 26.7 Å². The van der Waals surface area contributed by atoms with Crippen LogP contribution in [-0.4, -0.2) is 27.0 Å². The van der Waals surface area contributed by atoms with Gasteiger partial charge < -0.3 is 10.4 Å². The molecule has 0 spiro atoms. The maximum atomic E-state index is 10.6. The topological polar surface area (TPSA) is 50.1 Å². The van der Waals surface area contributed by atoms with Crippen LogP contribution in [0.25, 0.3) is 0 Å². The third-order valence-electron chi connectivity index (χ3n) is 4.51. The van der Waals surface area contributed by atoms with Crippen molar-refractivity contribution in [3.63, 3.8) is 0 Å². The van der Waals surface area contributed by atoms with Crippen LogP contribution in [0.4, 0.5) is 0 Å². The Balaban J connectivity index is 1.92. The second kappa shape index (κ2) is 6.06. The Morgan fingerprint density at radius 2 is 2.00 bits per heavy atom. The third kappa shape index (κ3) is 3.57. The Kier molecular flexibility index (Phi) is 4.63. The summed E-state index contributed by atoms with van der Waals surface area (Å²) in [5.74, 6) is 0. The highest BCUT2D eigenvalue weighted by Crippen LogP contribution is 2.27. The number of hydrogen-bond acceptors (Lipinski definition) is 3. The number of nitrogens with one attached hydrogen (secondary N) is 1. The van der Waals surface area contributed by atoms with Gasteiger partial charge in [-0.1, -0.05) is 25.7 Å². The minimum atomic E-state index is -0.513. The Morgan fingerprint density at radius 1 is 1.37 bits per heavy atom. The van der Waals surface area contributed by atoms with Crippen molar-refractivity contribution in [1.29, 1.82) is 0 Å². The monoisotopic (exact) mass is 265 g/mol. The highest BCUT2D eigenvalue weighted by Gasteiger charge is 2.28. The van der Waals surface area contributed by atoms with E-state index in [0.717, 1.165) is 25.7 Å². The van der Waals surface area contributed by atoms with Crippen LogP contribution in [0.2, 0.25) is 0 Å². The van der Waals surface area contributed by atoms with E-state index in [4.69, 9.17) is 0 Å². The minimum absolute atomic E-state index is 0.237. The predicted molar refractivity (Wildman–Crippen MR) is 77.0 cm³/mol. The van der Waals surface area contributed by atoms with Crippen LogP contribution in [0.5, 0.6) is 0 Å². The van der Waals surface area contributed by atoms with Crippen molar-refractivity contribution < 1.29 is 5.11 Å². The van der Waals surface area contributed by atoms with E-state index in [0.29, 0.717) is 6.54 Å². The minimum Gasteiger partial charge on any atom is -0.389 e. The van der Waals surface area contributed by atoms with E-state index in [1.165, 1.54) is 24.1 Å². The molecule has 1 unspecified atom stereocenters. The first-order valence-electron chi connectivity index (χ1n) is 7.46. The number of hydrogen-bond donors (Lipinski definition) is 2. The molecule has 1 fully saturated rings. The van der Waals surface area contributed by atoms with Crippen LogP contribution < -0.4 is 5.32 Å². The molecule has 1 atom stereocenters. The molecule has 4 nitrogen and oxygen atoms in total. The average molecular weight is 265 g/mol. The van der Waals surface area contributed by atoms with Gasteiger partial charge >= 0.3 is 0 Å². The first-order chi connectivity index (χ1) is 9.02. The Bertz CT molecular complexity index is 406. The predicted octanol–water partition coefficient (Wildman–Crippen LogP) is 2.46. The quantitative estimate of drug-likeness (QED) is 0.822. The molecule has 0 aliphatic heterocycles. The van der Waals surface area contributed by atoms with E-state index in [-0.39, 0.29) is 6.04 Å². The number of aryl methyl sites for hydroxylation is 1. The summed E-state index contributed by atoms with van der Waals surface area (Å²) < 4.78 is 1.90. The molecule has 0 bridgehead atoms. The molecule has 1 aliphatic carbocycles. The van der Waals surface area contributed by atoms with Crippen molar-refractivity contribution in [2.75, 3.05) is 6.54 Å². The fraction of sp³-hybridized carbons (Fsp3) is 0.800. The molecular weight excluding hydrogens is 238 g/mol. The van der Waals surface area contributed by atoms with Gasteiger partial charge in [-0.25, -0.2) is 0 Å². The number of rotatable bonds is 4. The number of aromatic nitrogens is 2. The smallest absolute Gasteiger partial charge is 0.0771 e. The van der Waals surface area contributed by atoms with E-state index >= 15 is 0 Å². The molecule has 4 heteroatoms. The Morgan fingerprint density at radius 3 is 2.53 bits per heavy atom. The van der Waals surface area contributed by atoms with Crippen LogP contribution in [-0.2, 0) is 7.05 Å². The van der Waals surface area contributed by atoms with Crippen molar-refractivity contribution >= 4 is 0 Å². The van der Waals surface area contributed by atoms with Crippen LogP contribution in [0.15, 0.2) is 6.20 Å². The lowest BCUT2D eigenvalue weighted by Gasteiger charge is -2.28. The first kappa shape index (κ1) is 14.5. The largest absolute Gasteiger partial charge is 0.389 e. The molecule has 2 rings (SSSR count). The zero-order valence-electron chi connectivity index (χ0n) is 12.4. The van der Waals surface area contributed by atoms with E-state index in [1.807, 2.05) is 17.9 Å². The van der Waals surface area contributed by atoms with Crippen LogP contribution in [0, 0.1) is 6.92 Å². The molecule has 1 aromatic heterocycles. The van der Waals surface area contributed by atoms with Gasteiger partial charge in [0.15, 0.2) is 0 Å². The molecule has 0 aromatic carbocycles. The first-order valence-corrected chi connectivity index (χ1v) is 7.46. The summed E-state index contributed by atoms with van der Waals surface area (Å²) in [6.07, 6.45) is 8.61. The highest BCUT2D eigenvalue weighted by atomic mass is 16.3. The molecular formula is C15H27N3O. The van der Waals surface area contributed by atoms with Crippen LogP contribution in [0.1, 0.15) is 62.7 Å². The normalized spacial score (nSPS) is 21.1. The lowest BCUT2D eigenvalue weighted by molar-refractivity contribution is 0.0231. The van der Waals surface area contributed by atoms with Gasteiger partial charge in [0.2, 0.25) is 0 Å². The van der Waals surface area contributed by atoms with E-state index in [9.17, 15) is 5.11 Å². The molecule has 0 saturated heterocycles. The van der Waals surface area contributed by atoms with Gasteiger partial charge in [0.25, 0.3) is 0 Å². The van der Waals surface area contributed by atoms with Gasteiger partial charge in [-0.3, -0.25) is 4.68 Å². The average Bonchev–Trinajstić information content (AvgIpc) is 2.61. The molecule has 19 heavy (non-hydrogen) atoms. The molecule has 0 radical (unpaired) electrons. The Hall–Kier alpha value is -0.870. The zero-order chi connectivity index (χ0) is 13.9. The van der Waals surface area contributed by atoms with Gasteiger partial charge in [-0.2, -0.15) is 5.10 Å². The second-order valence-electron chi connectivity index (χ2n) is 6.05.